The number of halogens is 1. The van der Waals surface area contributed by atoms with Gasteiger partial charge in [0.2, 0.25) is 0 Å². The molecule has 0 aliphatic rings. The lowest BCUT2D eigenvalue weighted by molar-refractivity contribution is -0.133. The number of hydrogen-bond donors (Lipinski definition) is 1. The summed E-state index contributed by atoms with van der Waals surface area (Å²) >= 11 is 4.71. The Hall–Kier alpha value is -1.27. The first-order chi connectivity index (χ1) is 9.51. The number of hydrogen-bond acceptors (Lipinski definition) is 3. The molecule has 1 aromatic heterocycles. The molecule has 0 bridgehead atoms. The Morgan fingerprint density at radius 2 is 2.25 bits per heavy atom. The molecule has 2 aromatic rings. The summed E-state index contributed by atoms with van der Waals surface area (Å²) in [6.07, 6.45) is 2.83. The van der Waals surface area contributed by atoms with E-state index in [1.54, 1.807) is 0 Å². The second kappa shape index (κ2) is 6.45. The molecule has 0 amide bonds. The number of rotatable bonds is 5. The average molecular weight is 355 g/mol. The summed E-state index contributed by atoms with van der Waals surface area (Å²) in [5.41, 5.74) is 3.11. The molecule has 0 saturated heterocycles. The van der Waals surface area contributed by atoms with Crippen molar-refractivity contribution in [1.29, 1.82) is 0 Å². The number of aliphatic carboxylic acids is 1. The number of aromatic nitrogens is 2. The average Bonchev–Trinajstić information content (AvgIpc) is 2.77. The summed E-state index contributed by atoms with van der Waals surface area (Å²) in [7, 11) is 0. The van der Waals surface area contributed by atoms with Crippen LogP contribution in [0.2, 0.25) is 0 Å². The zero-order valence-corrected chi connectivity index (χ0v) is 13.7. The van der Waals surface area contributed by atoms with Crippen molar-refractivity contribution in [2.24, 2.45) is 0 Å². The molecule has 4 nitrogen and oxygen atoms in total. The van der Waals surface area contributed by atoms with Gasteiger partial charge in [0.1, 0.15) is 0 Å². The minimum absolute atomic E-state index is 0.00837. The molecule has 0 spiro atoms. The Labute approximate surface area is 130 Å². The van der Waals surface area contributed by atoms with Crippen molar-refractivity contribution in [2.45, 2.75) is 25.4 Å². The molecule has 1 aromatic carbocycles. The quantitative estimate of drug-likeness (QED) is 0.832. The van der Waals surface area contributed by atoms with E-state index in [1.807, 2.05) is 29.8 Å². The molecule has 1 heterocycles. The van der Waals surface area contributed by atoms with Crippen LogP contribution in [0.4, 0.5) is 0 Å². The number of thioether (sulfide) groups is 1. The van der Waals surface area contributed by atoms with E-state index in [-0.39, 0.29) is 5.75 Å². The van der Waals surface area contributed by atoms with E-state index in [4.69, 9.17) is 5.11 Å². The minimum Gasteiger partial charge on any atom is -0.481 e. The van der Waals surface area contributed by atoms with Gasteiger partial charge < -0.3 is 5.11 Å². The molecular formula is C14H15BrN2O2S. The third kappa shape index (κ3) is 3.43. The summed E-state index contributed by atoms with van der Waals surface area (Å²) in [6, 6.07) is 6.08. The fraction of sp³-hybridized carbons (Fsp3) is 0.286. The maximum Gasteiger partial charge on any atom is 0.313 e. The third-order valence-corrected chi connectivity index (χ3v) is 4.23. The van der Waals surface area contributed by atoms with Crippen LogP contribution in [0.3, 0.4) is 0 Å². The Bertz CT molecular complexity index is 640. The highest BCUT2D eigenvalue weighted by atomic mass is 79.9. The first-order valence-corrected chi connectivity index (χ1v) is 7.98. The van der Waals surface area contributed by atoms with E-state index < -0.39 is 5.97 Å². The van der Waals surface area contributed by atoms with Crippen molar-refractivity contribution in [1.82, 2.24) is 9.55 Å². The zero-order chi connectivity index (χ0) is 14.7. The molecule has 1 N–H and O–H groups in total. The molecule has 6 heteroatoms. The Morgan fingerprint density at radius 3 is 2.90 bits per heavy atom. The predicted molar refractivity (Wildman–Crippen MR) is 83.7 cm³/mol. The van der Waals surface area contributed by atoms with Gasteiger partial charge in [-0.15, -0.1) is 0 Å². The van der Waals surface area contributed by atoms with Crippen molar-refractivity contribution in [3.63, 3.8) is 0 Å². The maximum absolute atomic E-state index is 10.7. The van der Waals surface area contributed by atoms with Gasteiger partial charge in [-0.25, -0.2) is 4.98 Å². The first kappa shape index (κ1) is 15.1. The van der Waals surface area contributed by atoms with Crippen molar-refractivity contribution < 1.29 is 9.90 Å². The van der Waals surface area contributed by atoms with Crippen LogP contribution in [-0.4, -0.2) is 26.4 Å². The number of carboxylic acid groups (broad SMARTS) is 1. The standard InChI is InChI=1S/C14H15BrN2O2S/c1-3-10-6-11(15)4-5-12(10)17-7-9(2)16-14(17)20-8-13(18)19/h4-7H,3,8H2,1-2H3,(H,18,19). The molecule has 0 fully saturated rings. The Kier molecular flexibility index (Phi) is 4.88. The Balaban J connectivity index is 2.44. The predicted octanol–water partition coefficient (Wildman–Crippen LogP) is 3.68. The van der Waals surface area contributed by atoms with Crippen LogP contribution < -0.4 is 0 Å². The number of imidazole rings is 1. The van der Waals surface area contributed by atoms with Crippen LogP contribution in [0.15, 0.2) is 34.0 Å². The van der Waals surface area contributed by atoms with Gasteiger partial charge in [-0.2, -0.15) is 0 Å². The SMILES string of the molecule is CCc1cc(Br)ccc1-n1cc(C)nc1SCC(=O)O. The monoisotopic (exact) mass is 354 g/mol. The number of carbonyl (C=O) groups is 1. The van der Waals surface area contributed by atoms with Crippen molar-refractivity contribution >= 4 is 33.7 Å². The fourth-order valence-electron chi connectivity index (χ4n) is 1.95. The number of aryl methyl sites for hydroxylation is 2. The lowest BCUT2D eigenvalue weighted by Gasteiger charge is -2.12. The molecule has 20 heavy (non-hydrogen) atoms. The van der Waals surface area contributed by atoms with E-state index in [1.165, 1.54) is 17.3 Å². The second-order valence-corrected chi connectivity index (χ2v) is 6.20. The summed E-state index contributed by atoms with van der Waals surface area (Å²) in [6.45, 7) is 4.00. The summed E-state index contributed by atoms with van der Waals surface area (Å²) in [4.78, 5) is 15.1. The van der Waals surface area contributed by atoms with Gasteiger partial charge in [-0.05, 0) is 37.1 Å². The largest absolute Gasteiger partial charge is 0.481 e. The number of carboxylic acids is 1. The van der Waals surface area contributed by atoms with Gasteiger partial charge in [0.15, 0.2) is 5.16 Å². The summed E-state index contributed by atoms with van der Waals surface area (Å²) in [5.74, 6) is -0.831. The summed E-state index contributed by atoms with van der Waals surface area (Å²) in [5, 5.41) is 9.53. The van der Waals surface area contributed by atoms with E-state index in [2.05, 4.69) is 33.9 Å². The van der Waals surface area contributed by atoms with Gasteiger partial charge >= 0.3 is 5.97 Å². The lowest BCUT2D eigenvalue weighted by Crippen LogP contribution is -2.03. The van der Waals surface area contributed by atoms with Crippen LogP contribution in [0.25, 0.3) is 5.69 Å². The normalized spacial score (nSPS) is 10.8. The molecule has 0 unspecified atom stereocenters. The first-order valence-electron chi connectivity index (χ1n) is 6.20. The van der Waals surface area contributed by atoms with Crippen molar-refractivity contribution in [3.8, 4) is 5.69 Å². The third-order valence-electron chi connectivity index (χ3n) is 2.80. The molecule has 0 aliphatic carbocycles. The van der Waals surface area contributed by atoms with Crippen LogP contribution in [0.1, 0.15) is 18.2 Å². The molecule has 0 aliphatic heterocycles. The second-order valence-electron chi connectivity index (χ2n) is 4.34. The molecule has 106 valence electrons. The zero-order valence-electron chi connectivity index (χ0n) is 11.3. The fourth-order valence-corrected chi connectivity index (χ4v) is 3.11. The highest BCUT2D eigenvalue weighted by Crippen LogP contribution is 2.26. The van der Waals surface area contributed by atoms with E-state index in [9.17, 15) is 4.79 Å². The van der Waals surface area contributed by atoms with E-state index >= 15 is 0 Å². The smallest absolute Gasteiger partial charge is 0.313 e. The highest BCUT2D eigenvalue weighted by Gasteiger charge is 2.12. The van der Waals surface area contributed by atoms with Gasteiger partial charge in [0, 0.05) is 10.7 Å². The van der Waals surface area contributed by atoms with Crippen molar-refractivity contribution in [2.75, 3.05) is 5.75 Å². The van der Waals surface area contributed by atoms with Gasteiger partial charge in [0.25, 0.3) is 0 Å². The van der Waals surface area contributed by atoms with Crippen molar-refractivity contribution in [3.05, 3.63) is 40.1 Å². The molecule has 0 saturated carbocycles. The molecule has 2 rings (SSSR count). The molecular weight excluding hydrogens is 340 g/mol. The van der Waals surface area contributed by atoms with Gasteiger partial charge in [0.05, 0.1) is 17.1 Å². The van der Waals surface area contributed by atoms with Crippen LogP contribution in [-0.2, 0) is 11.2 Å². The van der Waals surface area contributed by atoms with Crippen LogP contribution in [0, 0.1) is 6.92 Å². The molecule has 0 atom stereocenters. The van der Waals surface area contributed by atoms with Crippen LogP contribution in [0.5, 0.6) is 0 Å². The minimum atomic E-state index is -0.839. The maximum atomic E-state index is 10.7. The highest BCUT2D eigenvalue weighted by molar-refractivity contribution is 9.10. The Morgan fingerprint density at radius 1 is 1.50 bits per heavy atom. The summed E-state index contributed by atoms with van der Waals surface area (Å²) < 4.78 is 3.00. The van der Waals surface area contributed by atoms with E-state index in [0.29, 0.717) is 5.16 Å². The number of benzene rings is 1. The topological polar surface area (TPSA) is 55.1 Å². The number of nitrogens with zero attached hydrogens (tertiary/aromatic N) is 2. The van der Waals surface area contributed by atoms with E-state index in [0.717, 1.165) is 22.3 Å². The van der Waals surface area contributed by atoms with Gasteiger partial charge in [-0.3, -0.25) is 9.36 Å². The van der Waals surface area contributed by atoms with Crippen LogP contribution >= 0.6 is 27.7 Å². The van der Waals surface area contributed by atoms with Gasteiger partial charge in [-0.1, -0.05) is 34.6 Å². The lowest BCUT2D eigenvalue weighted by atomic mass is 10.1. The molecule has 0 radical (unpaired) electrons.